The fourth-order valence-electron chi connectivity index (χ4n) is 1.55. The molecule has 0 saturated heterocycles. The van der Waals surface area contributed by atoms with Gasteiger partial charge in [-0.15, -0.1) is 0 Å². The van der Waals surface area contributed by atoms with Gasteiger partial charge >= 0.3 is 0 Å². The number of hydrogen-bond acceptors (Lipinski definition) is 3. The number of nitrogens with two attached hydrogens (primary N) is 1. The van der Waals surface area contributed by atoms with Crippen molar-refractivity contribution in [2.24, 2.45) is 0 Å². The van der Waals surface area contributed by atoms with E-state index in [-0.39, 0.29) is 5.78 Å². The SMILES string of the molecule is Cc1cncc(C(=O)c2cc(N)ccc2Br)c1. The number of benzene rings is 1. The number of nitrogens with zero attached hydrogens (tertiary/aromatic N) is 1. The summed E-state index contributed by atoms with van der Waals surface area (Å²) in [6.07, 6.45) is 3.27. The molecule has 0 atom stereocenters. The summed E-state index contributed by atoms with van der Waals surface area (Å²) in [6.45, 7) is 1.90. The van der Waals surface area contributed by atoms with Gasteiger partial charge in [0.15, 0.2) is 5.78 Å². The van der Waals surface area contributed by atoms with Crippen LogP contribution in [0.3, 0.4) is 0 Å². The highest BCUT2D eigenvalue weighted by Gasteiger charge is 2.13. The number of nitrogen functional groups attached to an aromatic ring is 1. The number of anilines is 1. The van der Waals surface area contributed by atoms with Gasteiger partial charge in [-0.1, -0.05) is 15.9 Å². The zero-order valence-electron chi connectivity index (χ0n) is 9.27. The molecule has 4 heteroatoms. The molecule has 1 heterocycles. The molecule has 0 spiro atoms. The molecule has 0 amide bonds. The first-order valence-corrected chi connectivity index (χ1v) is 5.88. The Morgan fingerprint density at radius 1 is 1.29 bits per heavy atom. The van der Waals surface area contributed by atoms with Crippen molar-refractivity contribution in [1.82, 2.24) is 4.98 Å². The minimum Gasteiger partial charge on any atom is -0.399 e. The number of carbonyl (C=O) groups is 1. The molecular weight excluding hydrogens is 280 g/mol. The monoisotopic (exact) mass is 290 g/mol. The lowest BCUT2D eigenvalue weighted by atomic mass is 10.0. The highest BCUT2D eigenvalue weighted by Crippen LogP contribution is 2.22. The van der Waals surface area contributed by atoms with Crippen molar-refractivity contribution in [1.29, 1.82) is 0 Å². The highest BCUT2D eigenvalue weighted by atomic mass is 79.9. The predicted octanol–water partition coefficient (Wildman–Crippen LogP) is 2.97. The molecular formula is C13H11BrN2O. The summed E-state index contributed by atoms with van der Waals surface area (Å²) in [6, 6.07) is 6.99. The molecule has 3 nitrogen and oxygen atoms in total. The first kappa shape index (κ1) is 11.8. The van der Waals surface area contributed by atoms with E-state index in [1.807, 2.05) is 13.0 Å². The maximum absolute atomic E-state index is 12.2. The predicted molar refractivity (Wildman–Crippen MR) is 71.0 cm³/mol. The van der Waals surface area contributed by atoms with E-state index in [0.717, 1.165) is 10.0 Å². The van der Waals surface area contributed by atoms with Crippen LogP contribution in [0.5, 0.6) is 0 Å². The standard InChI is InChI=1S/C13H11BrN2O/c1-8-4-9(7-16-6-8)13(17)11-5-10(15)2-3-12(11)14/h2-7H,15H2,1H3. The highest BCUT2D eigenvalue weighted by molar-refractivity contribution is 9.10. The summed E-state index contributed by atoms with van der Waals surface area (Å²) in [5, 5.41) is 0. The van der Waals surface area contributed by atoms with Crippen LogP contribution in [0.15, 0.2) is 41.1 Å². The van der Waals surface area contributed by atoms with Crippen LogP contribution in [0.4, 0.5) is 5.69 Å². The lowest BCUT2D eigenvalue weighted by Gasteiger charge is -2.05. The fraction of sp³-hybridized carbons (Fsp3) is 0.0769. The lowest BCUT2D eigenvalue weighted by Crippen LogP contribution is -2.04. The van der Waals surface area contributed by atoms with E-state index in [0.29, 0.717) is 16.8 Å². The number of aryl methyl sites for hydroxylation is 1. The maximum Gasteiger partial charge on any atom is 0.195 e. The van der Waals surface area contributed by atoms with Gasteiger partial charge in [0, 0.05) is 33.7 Å². The maximum atomic E-state index is 12.2. The summed E-state index contributed by atoms with van der Waals surface area (Å²) >= 11 is 3.35. The van der Waals surface area contributed by atoms with Crippen LogP contribution >= 0.6 is 15.9 Å². The van der Waals surface area contributed by atoms with E-state index in [9.17, 15) is 4.79 Å². The molecule has 0 saturated carbocycles. The largest absolute Gasteiger partial charge is 0.399 e. The second kappa shape index (κ2) is 4.67. The van der Waals surface area contributed by atoms with Gasteiger partial charge in [0.2, 0.25) is 0 Å². The molecule has 86 valence electrons. The van der Waals surface area contributed by atoms with Crippen molar-refractivity contribution in [3.8, 4) is 0 Å². The summed E-state index contributed by atoms with van der Waals surface area (Å²) < 4.78 is 0.734. The van der Waals surface area contributed by atoms with Crippen LogP contribution in [-0.4, -0.2) is 10.8 Å². The number of hydrogen-bond donors (Lipinski definition) is 1. The second-order valence-electron chi connectivity index (χ2n) is 3.82. The number of pyridine rings is 1. The van der Waals surface area contributed by atoms with E-state index in [1.54, 1.807) is 30.6 Å². The third-order valence-corrected chi connectivity index (χ3v) is 3.06. The van der Waals surface area contributed by atoms with Crippen LogP contribution in [0.25, 0.3) is 0 Å². The van der Waals surface area contributed by atoms with Gasteiger partial charge in [-0.3, -0.25) is 9.78 Å². The number of aromatic nitrogens is 1. The van der Waals surface area contributed by atoms with E-state index in [2.05, 4.69) is 20.9 Å². The first-order valence-electron chi connectivity index (χ1n) is 5.09. The minimum absolute atomic E-state index is 0.0830. The number of ketones is 1. The zero-order chi connectivity index (χ0) is 12.4. The summed E-state index contributed by atoms with van der Waals surface area (Å²) in [4.78, 5) is 16.3. The molecule has 0 bridgehead atoms. The van der Waals surface area contributed by atoms with E-state index in [4.69, 9.17) is 5.73 Å². The number of halogens is 1. The van der Waals surface area contributed by atoms with Crippen molar-refractivity contribution in [2.75, 3.05) is 5.73 Å². The Morgan fingerprint density at radius 2 is 2.06 bits per heavy atom. The molecule has 0 aliphatic heterocycles. The van der Waals surface area contributed by atoms with E-state index in [1.165, 1.54) is 0 Å². The quantitative estimate of drug-likeness (QED) is 0.683. The first-order chi connectivity index (χ1) is 8.08. The van der Waals surface area contributed by atoms with Gasteiger partial charge in [0.1, 0.15) is 0 Å². The van der Waals surface area contributed by atoms with E-state index < -0.39 is 0 Å². The average Bonchev–Trinajstić information content (AvgIpc) is 2.31. The molecule has 1 aromatic carbocycles. The summed E-state index contributed by atoms with van der Waals surface area (Å²) in [5.74, 6) is -0.0830. The van der Waals surface area contributed by atoms with Crippen molar-refractivity contribution >= 4 is 27.4 Å². The third-order valence-electron chi connectivity index (χ3n) is 2.37. The Morgan fingerprint density at radius 3 is 2.76 bits per heavy atom. The van der Waals surface area contributed by atoms with Gasteiger partial charge < -0.3 is 5.73 Å². The average molecular weight is 291 g/mol. The fourth-order valence-corrected chi connectivity index (χ4v) is 1.98. The Kier molecular flexibility index (Phi) is 3.24. The molecule has 2 N–H and O–H groups in total. The number of carbonyl (C=O) groups excluding carboxylic acids is 1. The smallest absolute Gasteiger partial charge is 0.195 e. The minimum atomic E-state index is -0.0830. The van der Waals surface area contributed by atoms with Gasteiger partial charge in [0.05, 0.1) is 0 Å². The topological polar surface area (TPSA) is 56.0 Å². The molecule has 0 fully saturated rings. The van der Waals surface area contributed by atoms with Crippen molar-refractivity contribution in [3.63, 3.8) is 0 Å². The zero-order valence-corrected chi connectivity index (χ0v) is 10.9. The van der Waals surface area contributed by atoms with Crippen molar-refractivity contribution in [3.05, 3.63) is 57.8 Å². The Balaban J connectivity index is 2.47. The Labute approximate surface area is 108 Å². The van der Waals surface area contributed by atoms with Crippen LogP contribution in [-0.2, 0) is 0 Å². The van der Waals surface area contributed by atoms with Crippen LogP contribution in [0, 0.1) is 6.92 Å². The third kappa shape index (κ3) is 2.53. The molecule has 0 radical (unpaired) electrons. The second-order valence-corrected chi connectivity index (χ2v) is 4.67. The molecule has 2 aromatic rings. The number of rotatable bonds is 2. The molecule has 17 heavy (non-hydrogen) atoms. The normalized spacial score (nSPS) is 10.2. The lowest BCUT2D eigenvalue weighted by molar-refractivity contribution is 0.103. The van der Waals surface area contributed by atoms with E-state index >= 15 is 0 Å². The van der Waals surface area contributed by atoms with Crippen molar-refractivity contribution in [2.45, 2.75) is 6.92 Å². The van der Waals surface area contributed by atoms with Crippen LogP contribution in [0.2, 0.25) is 0 Å². The molecule has 0 aliphatic carbocycles. The molecule has 2 rings (SSSR count). The van der Waals surface area contributed by atoms with Crippen molar-refractivity contribution < 1.29 is 4.79 Å². The van der Waals surface area contributed by atoms with Gasteiger partial charge in [-0.25, -0.2) is 0 Å². The van der Waals surface area contributed by atoms with Gasteiger partial charge in [-0.2, -0.15) is 0 Å². The van der Waals surface area contributed by atoms with Crippen LogP contribution < -0.4 is 5.73 Å². The molecule has 0 aliphatic rings. The Hall–Kier alpha value is -1.68. The molecule has 0 unspecified atom stereocenters. The summed E-state index contributed by atoms with van der Waals surface area (Å²) in [7, 11) is 0. The van der Waals surface area contributed by atoms with Crippen LogP contribution in [0.1, 0.15) is 21.5 Å². The van der Waals surface area contributed by atoms with Gasteiger partial charge in [0.25, 0.3) is 0 Å². The molecule has 1 aromatic heterocycles. The summed E-state index contributed by atoms with van der Waals surface area (Å²) in [5.41, 5.74) is 8.33. The van der Waals surface area contributed by atoms with Gasteiger partial charge in [-0.05, 0) is 36.8 Å². The Bertz CT molecular complexity index is 581.